The van der Waals surface area contributed by atoms with Gasteiger partial charge in [0.25, 0.3) is 5.91 Å². The minimum absolute atomic E-state index is 0.179. The fourth-order valence-corrected chi connectivity index (χ4v) is 2.16. The summed E-state index contributed by atoms with van der Waals surface area (Å²) >= 11 is 0. The van der Waals surface area contributed by atoms with Crippen molar-refractivity contribution in [2.75, 3.05) is 18.5 Å². The molecule has 0 bridgehead atoms. The normalized spacial score (nSPS) is 10.2. The third kappa shape index (κ3) is 5.30. The zero-order valence-electron chi connectivity index (χ0n) is 14.4. The lowest BCUT2D eigenvalue weighted by Crippen LogP contribution is -2.13. The molecule has 4 nitrogen and oxygen atoms in total. The number of benzene rings is 2. The van der Waals surface area contributed by atoms with Gasteiger partial charge < -0.3 is 14.8 Å². The van der Waals surface area contributed by atoms with Gasteiger partial charge in [-0.15, -0.1) is 0 Å². The largest absolute Gasteiger partial charge is 0.494 e. The third-order valence-corrected chi connectivity index (χ3v) is 3.47. The van der Waals surface area contributed by atoms with Crippen molar-refractivity contribution in [3.05, 3.63) is 54.1 Å². The zero-order chi connectivity index (χ0) is 17.2. The topological polar surface area (TPSA) is 47.6 Å². The Morgan fingerprint density at radius 2 is 1.67 bits per heavy atom. The van der Waals surface area contributed by atoms with Crippen LogP contribution in [0.1, 0.15) is 43.5 Å². The summed E-state index contributed by atoms with van der Waals surface area (Å²) in [7, 11) is 0. The van der Waals surface area contributed by atoms with Crippen molar-refractivity contribution in [1.29, 1.82) is 0 Å². The van der Waals surface area contributed by atoms with E-state index in [1.54, 1.807) is 6.07 Å². The fourth-order valence-electron chi connectivity index (χ4n) is 2.16. The first kappa shape index (κ1) is 17.9. The van der Waals surface area contributed by atoms with Crippen LogP contribution in [0.4, 0.5) is 5.69 Å². The molecule has 0 spiro atoms. The molecule has 0 radical (unpaired) electrons. The lowest BCUT2D eigenvalue weighted by atomic mass is 10.2. The smallest absolute Gasteiger partial charge is 0.259 e. The van der Waals surface area contributed by atoms with Crippen molar-refractivity contribution in [2.45, 2.75) is 33.1 Å². The first-order valence-electron chi connectivity index (χ1n) is 8.50. The average molecular weight is 327 g/mol. The van der Waals surface area contributed by atoms with Crippen LogP contribution in [0, 0.1) is 0 Å². The van der Waals surface area contributed by atoms with E-state index in [2.05, 4.69) is 12.2 Å². The van der Waals surface area contributed by atoms with E-state index in [1.165, 1.54) is 0 Å². The Balaban J connectivity index is 1.99. The molecule has 0 aliphatic rings. The van der Waals surface area contributed by atoms with Crippen LogP contribution in [0.2, 0.25) is 0 Å². The van der Waals surface area contributed by atoms with Crippen molar-refractivity contribution in [1.82, 2.24) is 0 Å². The second-order valence-electron chi connectivity index (χ2n) is 5.53. The van der Waals surface area contributed by atoms with Crippen LogP contribution < -0.4 is 14.8 Å². The van der Waals surface area contributed by atoms with Gasteiger partial charge in [-0.05, 0) is 49.2 Å². The van der Waals surface area contributed by atoms with Gasteiger partial charge in [0.1, 0.15) is 11.5 Å². The fraction of sp³-hybridized carbons (Fsp3) is 0.350. The number of hydrogen-bond donors (Lipinski definition) is 1. The number of para-hydroxylation sites is 1. The minimum Gasteiger partial charge on any atom is -0.494 e. The number of unbranched alkanes of at least 4 members (excludes halogenated alkanes) is 1. The summed E-state index contributed by atoms with van der Waals surface area (Å²) in [4.78, 5) is 12.5. The first-order valence-corrected chi connectivity index (χ1v) is 8.50. The molecule has 0 aromatic heterocycles. The Kier molecular flexibility index (Phi) is 7.15. The van der Waals surface area contributed by atoms with Gasteiger partial charge in [0.2, 0.25) is 0 Å². The van der Waals surface area contributed by atoms with Crippen LogP contribution >= 0.6 is 0 Å². The lowest BCUT2D eigenvalue weighted by Gasteiger charge is -2.11. The molecule has 4 heteroatoms. The molecule has 1 N–H and O–H groups in total. The predicted octanol–water partition coefficient (Wildman–Crippen LogP) is 4.91. The van der Waals surface area contributed by atoms with Crippen molar-refractivity contribution in [2.24, 2.45) is 0 Å². The highest BCUT2D eigenvalue weighted by atomic mass is 16.5. The summed E-state index contributed by atoms with van der Waals surface area (Å²) in [5.41, 5.74) is 1.27. The molecular formula is C20H25NO3. The van der Waals surface area contributed by atoms with Crippen LogP contribution in [0.3, 0.4) is 0 Å². The SMILES string of the molecule is CCCCOc1ccc(NC(=O)c2ccccc2OCCC)cc1. The number of carbonyl (C=O) groups is 1. The van der Waals surface area contributed by atoms with E-state index in [0.29, 0.717) is 24.5 Å². The number of amides is 1. The Hall–Kier alpha value is -2.49. The highest BCUT2D eigenvalue weighted by Gasteiger charge is 2.12. The number of ether oxygens (including phenoxy) is 2. The molecule has 24 heavy (non-hydrogen) atoms. The molecule has 0 saturated carbocycles. The van der Waals surface area contributed by atoms with Crippen LogP contribution in [-0.4, -0.2) is 19.1 Å². The summed E-state index contributed by atoms with van der Waals surface area (Å²) < 4.78 is 11.3. The molecule has 2 aromatic carbocycles. The predicted molar refractivity (Wildman–Crippen MR) is 97.0 cm³/mol. The van der Waals surface area contributed by atoms with Crippen LogP contribution in [0.15, 0.2) is 48.5 Å². The molecule has 0 aliphatic carbocycles. The highest BCUT2D eigenvalue weighted by Crippen LogP contribution is 2.21. The van der Waals surface area contributed by atoms with Gasteiger partial charge in [-0.1, -0.05) is 32.4 Å². The van der Waals surface area contributed by atoms with E-state index < -0.39 is 0 Å². The molecule has 2 rings (SSSR count). The van der Waals surface area contributed by atoms with Gasteiger partial charge in [-0.2, -0.15) is 0 Å². The highest BCUT2D eigenvalue weighted by molar-refractivity contribution is 6.06. The van der Waals surface area contributed by atoms with E-state index in [-0.39, 0.29) is 5.91 Å². The first-order chi connectivity index (χ1) is 11.7. The monoisotopic (exact) mass is 327 g/mol. The molecule has 0 fully saturated rings. The summed E-state index contributed by atoms with van der Waals surface area (Å²) in [5.74, 6) is 1.24. The molecule has 2 aromatic rings. The molecule has 0 saturated heterocycles. The Bertz CT molecular complexity index is 638. The van der Waals surface area contributed by atoms with Crippen LogP contribution in [-0.2, 0) is 0 Å². The van der Waals surface area contributed by atoms with Crippen molar-refractivity contribution >= 4 is 11.6 Å². The number of hydrogen-bond acceptors (Lipinski definition) is 3. The van der Waals surface area contributed by atoms with Crippen molar-refractivity contribution < 1.29 is 14.3 Å². The van der Waals surface area contributed by atoms with Gasteiger partial charge in [-0.3, -0.25) is 4.79 Å². The quantitative estimate of drug-likeness (QED) is 0.666. The molecule has 0 aliphatic heterocycles. The summed E-state index contributed by atoms with van der Waals surface area (Å²) in [6.45, 7) is 5.47. The molecule has 128 valence electrons. The number of rotatable bonds is 9. The van der Waals surface area contributed by atoms with E-state index in [4.69, 9.17) is 9.47 Å². The second kappa shape index (κ2) is 9.60. The number of carbonyl (C=O) groups excluding carboxylic acids is 1. The summed E-state index contributed by atoms with van der Waals surface area (Å²) in [5, 5.41) is 2.90. The maximum absolute atomic E-state index is 12.5. The van der Waals surface area contributed by atoms with Gasteiger partial charge in [0.05, 0.1) is 18.8 Å². The Morgan fingerprint density at radius 1 is 0.917 bits per heavy atom. The molecule has 0 atom stereocenters. The number of anilines is 1. The molecule has 0 unspecified atom stereocenters. The number of nitrogens with one attached hydrogen (secondary N) is 1. The van der Waals surface area contributed by atoms with Crippen LogP contribution in [0.5, 0.6) is 11.5 Å². The van der Waals surface area contributed by atoms with Gasteiger partial charge in [0.15, 0.2) is 0 Å². The molecular weight excluding hydrogens is 302 g/mol. The van der Waals surface area contributed by atoms with Crippen molar-refractivity contribution in [3.63, 3.8) is 0 Å². The summed E-state index contributed by atoms with van der Waals surface area (Å²) in [6, 6.07) is 14.7. The maximum Gasteiger partial charge on any atom is 0.259 e. The third-order valence-electron chi connectivity index (χ3n) is 3.47. The Morgan fingerprint density at radius 3 is 2.38 bits per heavy atom. The minimum atomic E-state index is -0.179. The van der Waals surface area contributed by atoms with E-state index in [1.807, 2.05) is 49.4 Å². The lowest BCUT2D eigenvalue weighted by molar-refractivity contribution is 0.102. The molecule has 1 amide bonds. The average Bonchev–Trinajstić information content (AvgIpc) is 2.62. The zero-order valence-corrected chi connectivity index (χ0v) is 14.4. The summed E-state index contributed by atoms with van der Waals surface area (Å²) in [6.07, 6.45) is 3.04. The molecule has 0 heterocycles. The van der Waals surface area contributed by atoms with Gasteiger partial charge >= 0.3 is 0 Å². The van der Waals surface area contributed by atoms with Crippen molar-refractivity contribution in [3.8, 4) is 11.5 Å². The van der Waals surface area contributed by atoms with Crippen LogP contribution in [0.25, 0.3) is 0 Å². The second-order valence-corrected chi connectivity index (χ2v) is 5.53. The van der Waals surface area contributed by atoms with E-state index in [9.17, 15) is 4.79 Å². The van der Waals surface area contributed by atoms with E-state index >= 15 is 0 Å². The Labute approximate surface area is 143 Å². The maximum atomic E-state index is 12.5. The van der Waals surface area contributed by atoms with Gasteiger partial charge in [0, 0.05) is 5.69 Å². The van der Waals surface area contributed by atoms with E-state index in [0.717, 1.165) is 30.7 Å². The van der Waals surface area contributed by atoms with Gasteiger partial charge in [-0.25, -0.2) is 0 Å². The standard InChI is InChI=1S/C20H25NO3/c1-3-5-15-23-17-12-10-16(11-13-17)21-20(22)18-8-6-7-9-19(18)24-14-4-2/h6-13H,3-5,14-15H2,1-2H3,(H,21,22).